The predicted molar refractivity (Wildman–Crippen MR) is 108 cm³/mol. The van der Waals surface area contributed by atoms with Crippen molar-refractivity contribution in [2.24, 2.45) is 5.92 Å². The van der Waals surface area contributed by atoms with Gasteiger partial charge in [0.1, 0.15) is 11.3 Å². The van der Waals surface area contributed by atoms with Crippen LogP contribution in [0.25, 0.3) is 0 Å². The van der Waals surface area contributed by atoms with E-state index in [1.807, 2.05) is 27.0 Å². The van der Waals surface area contributed by atoms with E-state index in [9.17, 15) is 9.59 Å². The summed E-state index contributed by atoms with van der Waals surface area (Å²) >= 11 is 13.9. The number of aromatic amines is 1. The first kappa shape index (κ1) is 21.5. The van der Waals surface area contributed by atoms with E-state index in [0.29, 0.717) is 40.9 Å². The number of thioether (sulfide) groups is 1. The van der Waals surface area contributed by atoms with Crippen molar-refractivity contribution in [3.63, 3.8) is 0 Å². The second-order valence-corrected chi connectivity index (χ2v) is 9.46. The molecule has 1 fully saturated rings. The van der Waals surface area contributed by atoms with E-state index >= 15 is 0 Å². The van der Waals surface area contributed by atoms with Crippen molar-refractivity contribution in [1.29, 1.82) is 0 Å². The second-order valence-electron chi connectivity index (χ2n) is 7.63. The van der Waals surface area contributed by atoms with E-state index < -0.39 is 5.60 Å². The Morgan fingerprint density at radius 1 is 1.31 bits per heavy atom. The molecule has 2 atom stereocenters. The van der Waals surface area contributed by atoms with Crippen LogP contribution in [0, 0.1) is 12.8 Å². The molecule has 0 saturated carbocycles. The highest BCUT2D eigenvalue weighted by molar-refractivity contribution is 7.99. The number of carbonyl (C=O) groups is 2. The summed E-state index contributed by atoms with van der Waals surface area (Å²) in [5, 5.41) is 0.864. The van der Waals surface area contributed by atoms with Gasteiger partial charge in [0.25, 0.3) is 0 Å². The van der Waals surface area contributed by atoms with Gasteiger partial charge in [-0.05, 0) is 46.3 Å². The fourth-order valence-corrected chi connectivity index (χ4v) is 4.44. The molecule has 1 aromatic rings. The van der Waals surface area contributed by atoms with Crippen molar-refractivity contribution in [1.82, 2.24) is 9.88 Å². The van der Waals surface area contributed by atoms with E-state index in [2.05, 4.69) is 4.98 Å². The van der Waals surface area contributed by atoms with Crippen molar-refractivity contribution < 1.29 is 14.3 Å². The van der Waals surface area contributed by atoms with Crippen LogP contribution >= 0.6 is 35.0 Å². The molecule has 146 valence electrons. The molecule has 26 heavy (non-hydrogen) atoms. The Morgan fingerprint density at radius 2 is 1.96 bits per heavy atom. The minimum absolute atomic E-state index is 0.0419. The number of halogens is 2. The molecule has 1 amide bonds. The number of aromatic nitrogens is 1. The van der Waals surface area contributed by atoms with Gasteiger partial charge in [-0.2, -0.15) is 11.8 Å². The number of rotatable bonds is 4. The average molecular weight is 421 g/mol. The van der Waals surface area contributed by atoms with E-state index in [4.69, 9.17) is 27.9 Å². The number of carbonyl (C=O) groups excluding carboxylic acids is 2. The number of Topliss-reactive ketones (excluding diaryl/α,β-unsaturated/α-hetero) is 1. The molecule has 8 heteroatoms. The van der Waals surface area contributed by atoms with Gasteiger partial charge in [0, 0.05) is 30.5 Å². The van der Waals surface area contributed by atoms with Crippen LogP contribution in [0.1, 0.15) is 49.8 Å². The van der Waals surface area contributed by atoms with Gasteiger partial charge in [-0.3, -0.25) is 4.79 Å². The molecule has 1 N–H and O–H groups in total. The molecular weight excluding hydrogens is 395 g/mol. The quantitative estimate of drug-likeness (QED) is 0.680. The minimum atomic E-state index is -0.514. The number of aryl methyl sites for hydroxylation is 1. The molecule has 0 aromatic carbocycles. The number of hydrogen-bond acceptors (Lipinski definition) is 4. The summed E-state index contributed by atoms with van der Waals surface area (Å²) in [5.74, 6) is 0.134. The lowest BCUT2D eigenvalue weighted by atomic mass is 9.90. The maximum absolute atomic E-state index is 12.7. The highest BCUT2D eigenvalue weighted by Gasteiger charge is 2.35. The van der Waals surface area contributed by atoms with E-state index in [-0.39, 0.29) is 23.0 Å². The maximum Gasteiger partial charge on any atom is 0.410 e. The average Bonchev–Trinajstić information content (AvgIpc) is 2.81. The number of nitrogens with one attached hydrogen (secondary N) is 1. The maximum atomic E-state index is 12.7. The monoisotopic (exact) mass is 420 g/mol. The van der Waals surface area contributed by atoms with Crippen LogP contribution in [-0.4, -0.2) is 52.0 Å². The number of amides is 1. The van der Waals surface area contributed by atoms with Crippen LogP contribution in [0.2, 0.25) is 10.0 Å². The Balaban J connectivity index is 2.02. The summed E-state index contributed by atoms with van der Waals surface area (Å²) in [6.07, 6.45) is 2.84. The van der Waals surface area contributed by atoms with Crippen LogP contribution in [-0.2, 0) is 4.74 Å². The van der Waals surface area contributed by atoms with Crippen LogP contribution in [0.15, 0.2) is 0 Å². The highest BCUT2D eigenvalue weighted by atomic mass is 35.5. The van der Waals surface area contributed by atoms with E-state index in [1.54, 1.807) is 23.6 Å². The zero-order valence-electron chi connectivity index (χ0n) is 15.8. The zero-order chi connectivity index (χ0) is 19.6. The first-order valence-corrected chi connectivity index (χ1v) is 10.6. The normalized spacial score (nSPS) is 21.0. The molecular formula is C18H26Cl2N2O3S. The minimum Gasteiger partial charge on any atom is -0.444 e. The molecule has 0 spiro atoms. The van der Waals surface area contributed by atoms with Gasteiger partial charge in [-0.25, -0.2) is 4.79 Å². The summed E-state index contributed by atoms with van der Waals surface area (Å²) in [7, 11) is 0. The molecule has 0 bridgehead atoms. The Hall–Kier alpha value is -0.850. The fourth-order valence-electron chi connectivity index (χ4n) is 3.06. The van der Waals surface area contributed by atoms with Crippen molar-refractivity contribution in [3.8, 4) is 0 Å². The summed E-state index contributed by atoms with van der Waals surface area (Å²) in [5.41, 5.74) is 0.560. The number of ether oxygens (including phenoxy) is 1. The van der Waals surface area contributed by atoms with Crippen LogP contribution < -0.4 is 0 Å². The number of likely N-dealkylation sites (tertiary alicyclic amines) is 1. The van der Waals surface area contributed by atoms with Gasteiger partial charge < -0.3 is 14.6 Å². The molecule has 2 heterocycles. The third-order valence-electron chi connectivity index (χ3n) is 4.43. The van der Waals surface area contributed by atoms with Crippen LogP contribution in [0.4, 0.5) is 4.79 Å². The second kappa shape index (κ2) is 8.44. The number of hydrogen-bond donors (Lipinski definition) is 1. The fraction of sp³-hybridized carbons (Fsp3) is 0.667. The van der Waals surface area contributed by atoms with Crippen molar-refractivity contribution >= 4 is 46.8 Å². The molecule has 1 aliphatic rings. The van der Waals surface area contributed by atoms with Gasteiger partial charge in [-0.15, -0.1) is 0 Å². The Bertz CT molecular complexity index is 685. The SMILES string of the molecule is CS[C@H]1CN(C(=O)OC(C)(C)C)CC[C@H]1CC(=O)c1[nH]c(C)c(Cl)c1Cl. The molecule has 5 nitrogen and oxygen atoms in total. The van der Waals surface area contributed by atoms with Crippen molar-refractivity contribution in [2.45, 2.75) is 51.4 Å². The largest absolute Gasteiger partial charge is 0.444 e. The third-order valence-corrected chi connectivity index (χ3v) is 6.52. The smallest absolute Gasteiger partial charge is 0.410 e. The zero-order valence-corrected chi connectivity index (χ0v) is 18.1. The molecule has 0 radical (unpaired) electrons. The summed E-state index contributed by atoms with van der Waals surface area (Å²) in [6.45, 7) is 8.52. The lowest BCUT2D eigenvalue weighted by Crippen LogP contribution is -2.47. The predicted octanol–water partition coefficient (Wildman–Crippen LogP) is 5.19. The summed E-state index contributed by atoms with van der Waals surface area (Å²) in [6, 6.07) is 0. The molecule has 0 unspecified atom stereocenters. The molecule has 2 rings (SSSR count). The lowest BCUT2D eigenvalue weighted by molar-refractivity contribution is 0.0190. The van der Waals surface area contributed by atoms with Gasteiger partial charge in [-0.1, -0.05) is 23.2 Å². The first-order valence-electron chi connectivity index (χ1n) is 8.61. The molecule has 1 saturated heterocycles. The van der Waals surface area contributed by atoms with Gasteiger partial charge in [0.15, 0.2) is 5.78 Å². The summed E-state index contributed by atoms with van der Waals surface area (Å²) < 4.78 is 5.46. The Morgan fingerprint density at radius 3 is 2.46 bits per heavy atom. The molecule has 1 aliphatic heterocycles. The van der Waals surface area contributed by atoms with Crippen molar-refractivity contribution in [2.75, 3.05) is 19.3 Å². The number of nitrogens with zero attached hydrogens (tertiary/aromatic N) is 1. The molecule has 1 aromatic heterocycles. The van der Waals surface area contributed by atoms with Crippen molar-refractivity contribution in [3.05, 3.63) is 21.4 Å². The standard InChI is InChI=1S/C18H26Cl2N2O3S/c1-10-14(19)15(20)16(21-10)12(23)8-11-6-7-22(9-13(11)26-5)17(24)25-18(2,3)4/h11,13,21H,6-9H2,1-5H3/t11-,13-/m0/s1. The van der Waals surface area contributed by atoms with Crippen LogP contribution in [0.5, 0.6) is 0 Å². The highest BCUT2D eigenvalue weighted by Crippen LogP contribution is 2.34. The Kier molecular flexibility index (Phi) is 6.97. The number of piperidine rings is 1. The van der Waals surface area contributed by atoms with E-state index in [1.165, 1.54) is 0 Å². The first-order chi connectivity index (χ1) is 12.0. The van der Waals surface area contributed by atoms with Crippen LogP contribution in [0.3, 0.4) is 0 Å². The third kappa shape index (κ3) is 5.11. The van der Waals surface area contributed by atoms with Gasteiger partial charge in [0.2, 0.25) is 0 Å². The Labute approximate surface area is 169 Å². The van der Waals surface area contributed by atoms with E-state index in [0.717, 1.165) is 6.42 Å². The summed E-state index contributed by atoms with van der Waals surface area (Å²) in [4.78, 5) is 29.7. The lowest BCUT2D eigenvalue weighted by Gasteiger charge is -2.38. The molecule has 0 aliphatic carbocycles. The number of H-pyrrole nitrogens is 1. The van der Waals surface area contributed by atoms with Gasteiger partial charge in [0.05, 0.1) is 10.0 Å². The number of ketones is 1. The van der Waals surface area contributed by atoms with Gasteiger partial charge >= 0.3 is 6.09 Å². The topological polar surface area (TPSA) is 62.4 Å².